The molecule has 1 aromatic carbocycles. The first-order chi connectivity index (χ1) is 10.0. The van der Waals surface area contributed by atoms with Crippen molar-refractivity contribution in [1.29, 1.82) is 0 Å². The predicted octanol–water partition coefficient (Wildman–Crippen LogP) is 4.12. The number of rotatable bonds is 9. The highest BCUT2D eigenvalue weighted by molar-refractivity contribution is 6.35. The van der Waals surface area contributed by atoms with Gasteiger partial charge < -0.3 is 14.2 Å². The van der Waals surface area contributed by atoms with Crippen LogP contribution in [0.25, 0.3) is 0 Å². The van der Waals surface area contributed by atoms with E-state index in [-0.39, 0.29) is 6.61 Å². The third-order valence-electron chi connectivity index (χ3n) is 2.64. The van der Waals surface area contributed by atoms with Gasteiger partial charge in [-0.3, -0.25) is 0 Å². The van der Waals surface area contributed by atoms with Gasteiger partial charge in [-0.25, -0.2) is 4.79 Å². The Morgan fingerprint density at radius 1 is 1.24 bits per heavy atom. The molecular formula is C15H20Cl2O4. The highest BCUT2D eigenvalue weighted by Crippen LogP contribution is 2.28. The van der Waals surface area contributed by atoms with Crippen LogP contribution >= 0.6 is 23.2 Å². The fraction of sp³-hybridized carbons (Fsp3) is 0.533. The number of esters is 1. The lowest BCUT2D eigenvalue weighted by atomic mass is 10.3. The Morgan fingerprint density at radius 2 is 2.00 bits per heavy atom. The lowest BCUT2D eigenvalue weighted by molar-refractivity contribution is -0.152. The van der Waals surface area contributed by atoms with E-state index >= 15 is 0 Å². The van der Waals surface area contributed by atoms with Gasteiger partial charge >= 0.3 is 5.97 Å². The maximum Gasteiger partial charge on any atom is 0.347 e. The molecule has 0 N–H and O–H groups in total. The maximum absolute atomic E-state index is 11.7. The Bertz CT molecular complexity index is 451. The van der Waals surface area contributed by atoms with Crippen LogP contribution in [0.5, 0.6) is 5.75 Å². The summed E-state index contributed by atoms with van der Waals surface area (Å²) in [7, 11) is 0. The van der Waals surface area contributed by atoms with Gasteiger partial charge in [-0.1, -0.05) is 36.5 Å². The molecule has 0 fully saturated rings. The van der Waals surface area contributed by atoms with Crippen LogP contribution in [0.4, 0.5) is 0 Å². The number of carbonyl (C=O) groups is 1. The normalized spacial score (nSPS) is 12.0. The van der Waals surface area contributed by atoms with Crippen LogP contribution in [0, 0.1) is 0 Å². The van der Waals surface area contributed by atoms with Gasteiger partial charge in [0.05, 0.1) is 11.6 Å². The Balaban J connectivity index is 2.30. The molecule has 0 saturated carbocycles. The van der Waals surface area contributed by atoms with E-state index in [1.165, 1.54) is 0 Å². The van der Waals surface area contributed by atoms with Crippen molar-refractivity contribution in [2.45, 2.75) is 32.8 Å². The molecular weight excluding hydrogens is 315 g/mol. The zero-order valence-corrected chi connectivity index (χ0v) is 13.7. The minimum atomic E-state index is -0.751. The highest BCUT2D eigenvalue weighted by Gasteiger charge is 2.17. The SMILES string of the molecule is CCCCOCCOC(=O)[C@H](C)Oc1ccc(Cl)cc1Cl. The topological polar surface area (TPSA) is 44.8 Å². The maximum atomic E-state index is 11.7. The van der Waals surface area contributed by atoms with Gasteiger partial charge in [0.1, 0.15) is 12.4 Å². The van der Waals surface area contributed by atoms with Gasteiger partial charge in [0.15, 0.2) is 6.10 Å². The molecule has 21 heavy (non-hydrogen) atoms. The zero-order valence-electron chi connectivity index (χ0n) is 12.2. The fourth-order valence-electron chi connectivity index (χ4n) is 1.48. The van der Waals surface area contributed by atoms with Gasteiger partial charge in [-0.15, -0.1) is 0 Å². The van der Waals surface area contributed by atoms with E-state index in [1.54, 1.807) is 25.1 Å². The molecule has 0 radical (unpaired) electrons. The van der Waals surface area contributed by atoms with Crippen LogP contribution in [0.2, 0.25) is 10.0 Å². The summed E-state index contributed by atoms with van der Waals surface area (Å²) >= 11 is 11.8. The van der Waals surface area contributed by atoms with Crippen molar-refractivity contribution in [3.8, 4) is 5.75 Å². The van der Waals surface area contributed by atoms with Gasteiger partial charge in [0.2, 0.25) is 0 Å². The highest BCUT2D eigenvalue weighted by atomic mass is 35.5. The summed E-state index contributed by atoms with van der Waals surface area (Å²) < 4.78 is 15.8. The van der Waals surface area contributed by atoms with Crippen molar-refractivity contribution in [3.63, 3.8) is 0 Å². The molecule has 0 bridgehead atoms. The molecule has 0 amide bonds. The van der Waals surface area contributed by atoms with Gasteiger partial charge in [-0.05, 0) is 31.5 Å². The quantitative estimate of drug-likeness (QED) is 0.503. The van der Waals surface area contributed by atoms with Crippen LogP contribution in [-0.2, 0) is 14.3 Å². The lowest BCUT2D eigenvalue weighted by Crippen LogP contribution is -2.27. The molecule has 0 aromatic heterocycles. The van der Waals surface area contributed by atoms with E-state index in [0.29, 0.717) is 29.0 Å². The van der Waals surface area contributed by atoms with E-state index in [1.807, 2.05) is 0 Å². The lowest BCUT2D eigenvalue weighted by Gasteiger charge is -2.15. The van der Waals surface area contributed by atoms with E-state index in [2.05, 4.69) is 6.92 Å². The van der Waals surface area contributed by atoms with E-state index < -0.39 is 12.1 Å². The van der Waals surface area contributed by atoms with Crippen molar-refractivity contribution in [2.75, 3.05) is 19.8 Å². The Morgan fingerprint density at radius 3 is 2.67 bits per heavy atom. The summed E-state index contributed by atoms with van der Waals surface area (Å²) in [6.45, 7) is 4.97. The molecule has 1 rings (SSSR count). The number of carbonyl (C=O) groups excluding carboxylic acids is 1. The number of benzene rings is 1. The second-order valence-electron chi connectivity index (χ2n) is 4.47. The van der Waals surface area contributed by atoms with E-state index in [4.69, 9.17) is 37.4 Å². The summed E-state index contributed by atoms with van der Waals surface area (Å²) in [6, 6.07) is 4.81. The van der Waals surface area contributed by atoms with Crippen molar-refractivity contribution >= 4 is 29.2 Å². The van der Waals surface area contributed by atoms with E-state index in [9.17, 15) is 4.79 Å². The molecule has 4 nitrogen and oxygen atoms in total. The molecule has 0 aliphatic carbocycles. The van der Waals surface area contributed by atoms with Gasteiger partial charge in [-0.2, -0.15) is 0 Å². The number of hydrogen-bond donors (Lipinski definition) is 0. The first-order valence-electron chi connectivity index (χ1n) is 6.90. The monoisotopic (exact) mass is 334 g/mol. The second kappa shape index (κ2) is 9.87. The molecule has 0 spiro atoms. The van der Waals surface area contributed by atoms with Crippen molar-refractivity contribution in [1.82, 2.24) is 0 Å². The third-order valence-corrected chi connectivity index (χ3v) is 3.17. The summed E-state index contributed by atoms with van der Waals surface area (Å²) in [6.07, 6.45) is 1.33. The minimum absolute atomic E-state index is 0.213. The molecule has 0 heterocycles. The largest absolute Gasteiger partial charge is 0.477 e. The summed E-state index contributed by atoms with van der Waals surface area (Å²) in [4.78, 5) is 11.7. The first kappa shape index (κ1) is 18.1. The number of hydrogen-bond acceptors (Lipinski definition) is 4. The molecule has 1 atom stereocenters. The molecule has 1 aromatic rings. The van der Waals surface area contributed by atoms with Crippen LogP contribution in [0.3, 0.4) is 0 Å². The molecule has 6 heteroatoms. The predicted molar refractivity (Wildman–Crippen MR) is 83.2 cm³/mol. The number of halogens is 2. The summed E-state index contributed by atoms with van der Waals surface area (Å²) in [5, 5.41) is 0.858. The fourth-order valence-corrected chi connectivity index (χ4v) is 1.93. The molecule has 0 aliphatic rings. The smallest absolute Gasteiger partial charge is 0.347 e. The van der Waals surface area contributed by atoms with E-state index in [0.717, 1.165) is 12.8 Å². The zero-order chi connectivity index (χ0) is 15.7. The molecule has 0 unspecified atom stereocenters. The standard InChI is InChI=1S/C15H20Cl2O4/c1-3-4-7-19-8-9-20-15(18)11(2)21-14-6-5-12(16)10-13(14)17/h5-6,10-11H,3-4,7-9H2,1-2H3/t11-/m0/s1. The Labute approximate surface area is 135 Å². The number of ether oxygens (including phenoxy) is 3. The van der Waals surface area contributed by atoms with Crippen LogP contribution in [-0.4, -0.2) is 31.9 Å². The second-order valence-corrected chi connectivity index (χ2v) is 5.31. The average molecular weight is 335 g/mol. The van der Waals surface area contributed by atoms with Gasteiger partial charge in [0, 0.05) is 11.6 Å². The van der Waals surface area contributed by atoms with Crippen LogP contribution in [0.1, 0.15) is 26.7 Å². The summed E-state index contributed by atoms with van der Waals surface area (Å²) in [5.41, 5.74) is 0. The van der Waals surface area contributed by atoms with Crippen molar-refractivity contribution < 1.29 is 19.0 Å². The number of unbranched alkanes of at least 4 members (excludes halogenated alkanes) is 1. The third kappa shape index (κ3) is 7.02. The molecule has 0 saturated heterocycles. The van der Waals surface area contributed by atoms with Crippen molar-refractivity contribution in [2.24, 2.45) is 0 Å². The Kier molecular flexibility index (Phi) is 8.50. The Hall–Kier alpha value is -0.970. The van der Waals surface area contributed by atoms with Crippen LogP contribution < -0.4 is 4.74 Å². The first-order valence-corrected chi connectivity index (χ1v) is 7.66. The molecule has 118 valence electrons. The average Bonchev–Trinajstić information content (AvgIpc) is 2.45. The minimum Gasteiger partial charge on any atom is -0.477 e. The van der Waals surface area contributed by atoms with Gasteiger partial charge in [0.25, 0.3) is 0 Å². The van der Waals surface area contributed by atoms with Crippen LogP contribution in [0.15, 0.2) is 18.2 Å². The van der Waals surface area contributed by atoms with Crippen molar-refractivity contribution in [3.05, 3.63) is 28.2 Å². The summed E-state index contributed by atoms with van der Waals surface area (Å²) in [5.74, 6) is -0.0650. The molecule has 0 aliphatic heterocycles.